The van der Waals surface area contributed by atoms with Crippen molar-refractivity contribution in [3.63, 3.8) is 0 Å². The number of aromatic nitrogens is 2. The predicted molar refractivity (Wildman–Crippen MR) is 71.9 cm³/mol. The van der Waals surface area contributed by atoms with Crippen LogP contribution < -0.4 is 4.90 Å². The van der Waals surface area contributed by atoms with Crippen molar-refractivity contribution in [2.24, 2.45) is 7.05 Å². The maximum absolute atomic E-state index is 11.1. The summed E-state index contributed by atoms with van der Waals surface area (Å²) in [5.74, 6) is 0. The fourth-order valence-corrected chi connectivity index (χ4v) is 2.03. The summed E-state index contributed by atoms with van der Waals surface area (Å²) in [5.41, 5.74) is 3.88. The molecule has 0 N–H and O–H groups in total. The molecule has 4 heteroatoms. The number of aldehydes is 1. The van der Waals surface area contributed by atoms with E-state index in [0.29, 0.717) is 0 Å². The van der Waals surface area contributed by atoms with Crippen molar-refractivity contribution in [3.8, 4) is 0 Å². The van der Waals surface area contributed by atoms with Crippen LogP contribution >= 0.6 is 0 Å². The number of benzene rings is 1. The van der Waals surface area contributed by atoms with Gasteiger partial charge in [-0.1, -0.05) is 11.6 Å². The number of rotatable bonds is 4. The zero-order valence-corrected chi connectivity index (χ0v) is 10.9. The Hall–Kier alpha value is -2.10. The third-order valence-corrected chi connectivity index (χ3v) is 2.90. The van der Waals surface area contributed by atoms with E-state index in [1.165, 1.54) is 0 Å². The lowest BCUT2D eigenvalue weighted by molar-refractivity contribution is 0.112. The van der Waals surface area contributed by atoms with E-state index >= 15 is 0 Å². The molecular formula is C14H17N3O. The Bertz CT molecular complexity index is 560. The summed E-state index contributed by atoms with van der Waals surface area (Å²) in [6.07, 6.45) is 4.72. The largest absolute Gasteiger partial charge is 0.370 e. The van der Waals surface area contributed by atoms with Crippen LogP contribution in [0.4, 0.5) is 5.69 Å². The fourth-order valence-electron chi connectivity index (χ4n) is 2.03. The summed E-state index contributed by atoms with van der Waals surface area (Å²) in [6, 6.07) is 5.90. The van der Waals surface area contributed by atoms with Crippen LogP contribution in [-0.4, -0.2) is 23.1 Å². The van der Waals surface area contributed by atoms with Gasteiger partial charge in [0.1, 0.15) is 0 Å². The highest BCUT2D eigenvalue weighted by molar-refractivity contribution is 5.84. The molecule has 0 amide bonds. The standard InChI is InChI=1S/C14H17N3O/c1-11-4-5-14(13(6-11)10-18)16(2)8-12-7-15-17(3)9-12/h4-7,9-10H,8H2,1-3H3. The Morgan fingerprint density at radius 3 is 2.83 bits per heavy atom. The van der Waals surface area contributed by atoms with E-state index in [-0.39, 0.29) is 0 Å². The van der Waals surface area contributed by atoms with Gasteiger partial charge in [-0.05, 0) is 19.1 Å². The maximum atomic E-state index is 11.1. The molecule has 0 saturated heterocycles. The third kappa shape index (κ3) is 2.59. The van der Waals surface area contributed by atoms with E-state index in [2.05, 4.69) is 10.00 Å². The van der Waals surface area contributed by atoms with Crippen LogP contribution in [0.15, 0.2) is 30.6 Å². The lowest BCUT2D eigenvalue weighted by Gasteiger charge is -2.20. The smallest absolute Gasteiger partial charge is 0.152 e. The fraction of sp³-hybridized carbons (Fsp3) is 0.286. The maximum Gasteiger partial charge on any atom is 0.152 e. The Kier molecular flexibility index (Phi) is 3.46. The number of carbonyl (C=O) groups excluding carboxylic acids is 1. The molecule has 0 fully saturated rings. The highest BCUT2D eigenvalue weighted by Crippen LogP contribution is 2.21. The molecule has 1 heterocycles. The van der Waals surface area contributed by atoms with Gasteiger partial charge in [-0.2, -0.15) is 5.10 Å². The zero-order valence-electron chi connectivity index (χ0n) is 10.9. The molecule has 2 rings (SSSR count). The van der Waals surface area contributed by atoms with Crippen LogP contribution in [0.1, 0.15) is 21.5 Å². The van der Waals surface area contributed by atoms with E-state index in [4.69, 9.17) is 0 Å². The average molecular weight is 243 g/mol. The number of aryl methyl sites for hydroxylation is 2. The first-order valence-electron chi connectivity index (χ1n) is 5.84. The van der Waals surface area contributed by atoms with Crippen LogP contribution in [0.5, 0.6) is 0 Å². The quantitative estimate of drug-likeness (QED) is 0.772. The molecule has 2 aromatic rings. The minimum Gasteiger partial charge on any atom is -0.370 e. The van der Waals surface area contributed by atoms with Crippen molar-refractivity contribution >= 4 is 12.0 Å². The second-order valence-electron chi connectivity index (χ2n) is 4.56. The minimum atomic E-state index is 0.724. The van der Waals surface area contributed by atoms with Crippen molar-refractivity contribution < 1.29 is 4.79 Å². The number of hydrogen-bond donors (Lipinski definition) is 0. The van der Waals surface area contributed by atoms with Crippen molar-refractivity contribution in [2.75, 3.05) is 11.9 Å². The van der Waals surface area contributed by atoms with E-state index in [1.54, 1.807) is 4.68 Å². The molecule has 0 aliphatic rings. The molecule has 1 aromatic heterocycles. The number of nitrogens with zero attached hydrogens (tertiary/aromatic N) is 3. The molecule has 4 nitrogen and oxygen atoms in total. The average Bonchev–Trinajstić information content (AvgIpc) is 2.74. The van der Waals surface area contributed by atoms with Crippen molar-refractivity contribution in [3.05, 3.63) is 47.3 Å². The van der Waals surface area contributed by atoms with Gasteiger partial charge in [-0.3, -0.25) is 9.48 Å². The van der Waals surface area contributed by atoms with Gasteiger partial charge in [-0.25, -0.2) is 0 Å². The van der Waals surface area contributed by atoms with Crippen LogP contribution in [-0.2, 0) is 13.6 Å². The topological polar surface area (TPSA) is 38.1 Å². The molecule has 0 unspecified atom stereocenters. The summed E-state index contributed by atoms with van der Waals surface area (Å²) in [7, 11) is 3.87. The Morgan fingerprint density at radius 1 is 1.44 bits per heavy atom. The van der Waals surface area contributed by atoms with Gasteiger partial charge in [0.2, 0.25) is 0 Å². The van der Waals surface area contributed by atoms with Crippen molar-refractivity contribution in [1.29, 1.82) is 0 Å². The molecule has 0 radical (unpaired) electrons. The highest BCUT2D eigenvalue weighted by Gasteiger charge is 2.08. The second kappa shape index (κ2) is 5.04. The third-order valence-electron chi connectivity index (χ3n) is 2.90. The van der Waals surface area contributed by atoms with Crippen LogP contribution in [0, 0.1) is 6.92 Å². The van der Waals surface area contributed by atoms with E-state index in [1.807, 2.05) is 51.6 Å². The molecule has 0 atom stereocenters. The summed E-state index contributed by atoms with van der Waals surface area (Å²) < 4.78 is 1.78. The Balaban J connectivity index is 2.23. The van der Waals surface area contributed by atoms with Crippen molar-refractivity contribution in [2.45, 2.75) is 13.5 Å². The van der Waals surface area contributed by atoms with E-state index < -0.39 is 0 Å². The van der Waals surface area contributed by atoms with Crippen LogP contribution in [0.3, 0.4) is 0 Å². The van der Waals surface area contributed by atoms with Crippen LogP contribution in [0.25, 0.3) is 0 Å². The SMILES string of the molecule is Cc1ccc(N(C)Cc2cnn(C)c2)c(C=O)c1. The lowest BCUT2D eigenvalue weighted by atomic mass is 10.1. The first kappa shape index (κ1) is 12.4. The zero-order chi connectivity index (χ0) is 13.1. The monoisotopic (exact) mass is 243 g/mol. The molecule has 0 bridgehead atoms. The van der Waals surface area contributed by atoms with Gasteiger partial charge in [0.15, 0.2) is 6.29 Å². The van der Waals surface area contributed by atoms with Gasteiger partial charge >= 0.3 is 0 Å². The van der Waals surface area contributed by atoms with Gasteiger partial charge in [0.05, 0.1) is 6.20 Å². The molecule has 94 valence electrons. The molecule has 1 aromatic carbocycles. The first-order chi connectivity index (χ1) is 8.60. The Labute approximate surface area is 107 Å². The summed E-state index contributed by atoms with van der Waals surface area (Å²) in [4.78, 5) is 13.2. The molecule has 18 heavy (non-hydrogen) atoms. The normalized spacial score (nSPS) is 10.4. The van der Waals surface area contributed by atoms with E-state index in [9.17, 15) is 4.79 Å². The van der Waals surface area contributed by atoms with Crippen molar-refractivity contribution in [1.82, 2.24) is 9.78 Å². The molecule has 0 aliphatic carbocycles. The van der Waals surface area contributed by atoms with Gasteiger partial charge < -0.3 is 4.90 Å². The number of hydrogen-bond acceptors (Lipinski definition) is 3. The predicted octanol–water partition coefficient (Wildman–Crippen LogP) is 2.18. The Morgan fingerprint density at radius 2 is 2.22 bits per heavy atom. The minimum absolute atomic E-state index is 0.724. The van der Waals surface area contributed by atoms with Crippen LogP contribution in [0.2, 0.25) is 0 Å². The molecule has 0 saturated carbocycles. The lowest BCUT2D eigenvalue weighted by Crippen LogP contribution is -2.17. The number of carbonyl (C=O) groups is 1. The molecule has 0 aliphatic heterocycles. The summed E-state index contributed by atoms with van der Waals surface area (Å²) in [5, 5.41) is 4.14. The number of anilines is 1. The van der Waals surface area contributed by atoms with E-state index in [0.717, 1.165) is 35.2 Å². The van der Waals surface area contributed by atoms with Gasteiger partial charge in [0, 0.05) is 43.7 Å². The molecule has 0 spiro atoms. The van der Waals surface area contributed by atoms with Gasteiger partial charge in [-0.15, -0.1) is 0 Å². The van der Waals surface area contributed by atoms with Gasteiger partial charge in [0.25, 0.3) is 0 Å². The summed E-state index contributed by atoms with van der Waals surface area (Å²) in [6.45, 7) is 2.72. The molecular weight excluding hydrogens is 226 g/mol. The second-order valence-corrected chi connectivity index (χ2v) is 4.56. The summed E-state index contributed by atoms with van der Waals surface area (Å²) >= 11 is 0. The first-order valence-corrected chi connectivity index (χ1v) is 5.84. The highest BCUT2D eigenvalue weighted by atomic mass is 16.1.